The second-order valence-electron chi connectivity index (χ2n) is 5.92. The largest absolute Gasteiger partial charge is 0.494 e. The zero-order valence-electron chi connectivity index (χ0n) is 12.2. The molecule has 0 radical (unpaired) electrons. The third-order valence-electron chi connectivity index (χ3n) is 4.37. The standard InChI is InChI=1S/C16H17F2NO3/c1-22-14-6-12(5-13(17)15(14)18)11-3-9-2-10(4-11)8-19(7-9)16(20)21/h3,5-6,9-10H,2,4,7-8H2,1H3,(H,20,21). The van der Waals surface area contributed by atoms with Crippen molar-refractivity contribution in [3.63, 3.8) is 0 Å². The molecule has 2 atom stereocenters. The molecule has 1 fully saturated rings. The van der Waals surface area contributed by atoms with Crippen molar-refractivity contribution in [3.05, 3.63) is 35.4 Å². The van der Waals surface area contributed by atoms with E-state index < -0.39 is 17.7 Å². The van der Waals surface area contributed by atoms with Crippen molar-refractivity contribution < 1.29 is 23.4 Å². The van der Waals surface area contributed by atoms with Crippen LogP contribution in [0.2, 0.25) is 0 Å². The molecule has 6 heteroatoms. The van der Waals surface area contributed by atoms with E-state index >= 15 is 0 Å². The minimum atomic E-state index is -0.986. The Morgan fingerprint density at radius 2 is 2.14 bits per heavy atom. The molecule has 2 unspecified atom stereocenters. The van der Waals surface area contributed by atoms with Crippen LogP contribution in [0.15, 0.2) is 18.2 Å². The zero-order chi connectivity index (χ0) is 15.9. The Balaban J connectivity index is 1.91. The number of benzene rings is 1. The van der Waals surface area contributed by atoms with Crippen LogP contribution in [0.1, 0.15) is 18.4 Å². The number of hydrogen-bond acceptors (Lipinski definition) is 2. The van der Waals surface area contributed by atoms with Crippen LogP contribution < -0.4 is 4.74 Å². The summed E-state index contributed by atoms with van der Waals surface area (Å²) in [5, 5.41) is 9.11. The molecule has 4 nitrogen and oxygen atoms in total. The monoisotopic (exact) mass is 309 g/mol. The van der Waals surface area contributed by atoms with E-state index in [4.69, 9.17) is 9.84 Å². The third-order valence-corrected chi connectivity index (χ3v) is 4.37. The van der Waals surface area contributed by atoms with E-state index in [0.29, 0.717) is 25.1 Å². The number of methoxy groups -OCH3 is 1. The van der Waals surface area contributed by atoms with E-state index in [1.54, 1.807) is 0 Å². The lowest BCUT2D eigenvalue weighted by Crippen LogP contribution is -2.44. The molecule has 1 amide bonds. The molecule has 1 aromatic rings. The number of amides is 1. The zero-order valence-corrected chi connectivity index (χ0v) is 12.2. The van der Waals surface area contributed by atoms with Gasteiger partial charge in [-0.15, -0.1) is 0 Å². The summed E-state index contributed by atoms with van der Waals surface area (Å²) >= 11 is 0. The molecule has 1 aliphatic carbocycles. The minimum Gasteiger partial charge on any atom is -0.494 e. The molecule has 1 aliphatic heterocycles. The highest BCUT2D eigenvalue weighted by Gasteiger charge is 2.33. The first-order valence-corrected chi connectivity index (χ1v) is 7.20. The SMILES string of the molecule is COc1cc(C2=CC3CC(C2)CN(C(=O)O)C3)cc(F)c1F. The first kappa shape index (κ1) is 14.8. The number of halogens is 2. The quantitative estimate of drug-likeness (QED) is 0.911. The van der Waals surface area contributed by atoms with Gasteiger partial charge in [-0.25, -0.2) is 9.18 Å². The molecule has 2 aliphatic rings. The molecule has 0 spiro atoms. The summed E-state index contributed by atoms with van der Waals surface area (Å²) < 4.78 is 32.1. The Morgan fingerprint density at radius 1 is 1.36 bits per heavy atom. The van der Waals surface area contributed by atoms with E-state index in [0.717, 1.165) is 12.0 Å². The highest BCUT2D eigenvalue weighted by atomic mass is 19.2. The number of piperidine rings is 1. The first-order valence-electron chi connectivity index (χ1n) is 7.20. The fourth-order valence-corrected chi connectivity index (χ4v) is 3.45. The Morgan fingerprint density at radius 3 is 2.77 bits per heavy atom. The predicted octanol–water partition coefficient (Wildman–Crippen LogP) is 3.38. The Bertz CT molecular complexity index is 645. The van der Waals surface area contributed by atoms with Crippen LogP contribution in [-0.4, -0.2) is 36.3 Å². The lowest BCUT2D eigenvalue weighted by atomic mass is 9.77. The van der Waals surface area contributed by atoms with Crippen LogP contribution in [0.4, 0.5) is 13.6 Å². The lowest BCUT2D eigenvalue weighted by molar-refractivity contribution is 0.106. The van der Waals surface area contributed by atoms with Crippen LogP contribution >= 0.6 is 0 Å². The molecular weight excluding hydrogens is 292 g/mol. The van der Waals surface area contributed by atoms with Crippen molar-refractivity contribution in [1.82, 2.24) is 4.90 Å². The molecule has 118 valence electrons. The molecule has 22 heavy (non-hydrogen) atoms. The number of allylic oxidation sites excluding steroid dienone is 1. The van der Waals surface area contributed by atoms with Gasteiger partial charge in [0.1, 0.15) is 0 Å². The van der Waals surface area contributed by atoms with Crippen LogP contribution in [0.3, 0.4) is 0 Å². The second kappa shape index (κ2) is 5.59. The molecule has 1 saturated heterocycles. The van der Waals surface area contributed by atoms with Crippen LogP contribution in [0.25, 0.3) is 5.57 Å². The lowest BCUT2D eigenvalue weighted by Gasteiger charge is -2.39. The number of fused-ring (bicyclic) bond motifs is 2. The van der Waals surface area contributed by atoms with Gasteiger partial charge < -0.3 is 14.7 Å². The van der Waals surface area contributed by atoms with Crippen molar-refractivity contribution >= 4 is 11.7 Å². The number of likely N-dealkylation sites (tertiary alicyclic amines) is 1. The second-order valence-corrected chi connectivity index (χ2v) is 5.92. The van der Waals surface area contributed by atoms with Gasteiger partial charge >= 0.3 is 6.09 Å². The molecule has 0 aromatic heterocycles. The topological polar surface area (TPSA) is 49.8 Å². The van der Waals surface area contributed by atoms with Gasteiger partial charge in [0.2, 0.25) is 5.82 Å². The summed E-state index contributed by atoms with van der Waals surface area (Å²) in [6.45, 7) is 0.945. The summed E-state index contributed by atoms with van der Waals surface area (Å²) in [4.78, 5) is 12.5. The van der Waals surface area contributed by atoms with Gasteiger partial charge in [0.15, 0.2) is 11.6 Å². The summed E-state index contributed by atoms with van der Waals surface area (Å²) in [6, 6.07) is 2.68. The number of carbonyl (C=O) groups is 1. The van der Waals surface area contributed by atoms with Crippen molar-refractivity contribution in [3.8, 4) is 5.75 Å². The average molecular weight is 309 g/mol. The fraction of sp³-hybridized carbons (Fsp3) is 0.438. The van der Waals surface area contributed by atoms with Gasteiger partial charge in [0, 0.05) is 13.1 Å². The molecule has 3 rings (SSSR count). The van der Waals surface area contributed by atoms with Gasteiger partial charge in [0.05, 0.1) is 7.11 Å². The van der Waals surface area contributed by atoms with E-state index in [1.807, 2.05) is 6.08 Å². The molecule has 1 aromatic carbocycles. The number of ether oxygens (including phenoxy) is 1. The summed E-state index contributed by atoms with van der Waals surface area (Å²) in [6.07, 6.45) is 2.68. The maximum atomic E-state index is 13.7. The average Bonchev–Trinajstić information content (AvgIpc) is 2.48. The first-order chi connectivity index (χ1) is 10.5. The van der Waals surface area contributed by atoms with Crippen molar-refractivity contribution in [2.75, 3.05) is 20.2 Å². The Labute approximate surface area is 127 Å². The highest BCUT2D eigenvalue weighted by Crippen LogP contribution is 2.39. The maximum absolute atomic E-state index is 13.7. The van der Waals surface area contributed by atoms with Crippen LogP contribution in [0, 0.1) is 23.5 Å². The molecular formula is C16H17F2NO3. The minimum absolute atomic E-state index is 0.112. The predicted molar refractivity (Wildman–Crippen MR) is 76.7 cm³/mol. The summed E-state index contributed by atoms with van der Waals surface area (Å²) in [7, 11) is 1.30. The van der Waals surface area contributed by atoms with Gasteiger partial charge in [-0.05, 0) is 47.9 Å². The Kier molecular flexibility index (Phi) is 3.76. The fourth-order valence-electron chi connectivity index (χ4n) is 3.45. The molecule has 0 saturated carbocycles. The highest BCUT2D eigenvalue weighted by molar-refractivity contribution is 5.70. The molecule has 1 heterocycles. The van der Waals surface area contributed by atoms with Crippen molar-refractivity contribution in [2.45, 2.75) is 12.8 Å². The van der Waals surface area contributed by atoms with Gasteiger partial charge in [-0.1, -0.05) is 6.08 Å². The summed E-state index contributed by atoms with van der Waals surface area (Å²) in [5.74, 6) is -1.69. The van der Waals surface area contributed by atoms with Crippen LogP contribution in [-0.2, 0) is 0 Å². The maximum Gasteiger partial charge on any atom is 0.407 e. The van der Waals surface area contributed by atoms with E-state index in [1.165, 1.54) is 24.1 Å². The van der Waals surface area contributed by atoms with E-state index in [-0.39, 0.29) is 17.6 Å². The smallest absolute Gasteiger partial charge is 0.407 e. The number of rotatable bonds is 2. The molecule has 2 bridgehead atoms. The van der Waals surface area contributed by atoms with Gasteiger partial charge in [-0.2, -0.15) is 4.39 Å². The van der Waals surface area contributed by atoms with Crippen LogP contribution in [0.5, 0.6) is 5.75 Å². The third kappa shape index (κ3) is 2.65. The van der Waals surface area contributed by atoms with Crippen molar-refractivity contribution in [2.24, 2.45) is 11.8 Å². The molecule has 1 N–H and O–H groups in total. The number of carboxylic acid groups (broad SMARTS) is 1. The normalized spacial score (nSPS) is 24.0. The van der Waals surface area contributed by atoms with Gasteiger partial charge in [-0.3, -0.25) is 0 Å². The van der Waals surface area contributed by atoms with Crippen molar-refractivity contribution in [1.29, 1.82) is 0 Å². The van der Waals surface area contributed by atoms with E-state index in [9.17, 15) is 13.6 Å². The summed E-state index contributed by atoms with van der Waals surface area (Å²) in [5.41, 5.74) is 1.54. The number of hydrogen-bond donors (Lipinski definition) is 1. The van der Waals surface area contributed by atoms with E-state index in [2.05, 4.69) is 0 Å². The van der Waals surface area contributed by atoms with Gasteiger partial charge in [0.25, 0.3) is 0 Å². The number of nitrogens with zero attached hydrogens (tertiary/aromatic N) is 1. The Hall–Kier alpha value is -2.11.